The van der Waals surface area contributed by atoms with Gasteiger partial charge in [0.1, 0.15) is 11.6 Å². The molecule has 1 heterocycles. The first-order chi connectivity index (χ1) is 8.66. The zero-order chi connectivity index (χ0) is 13.0. The summed E-state index contributed by atoms with van der Waals surface area (Å²) in [5.74, 6) is 0.594. The van der Waals surface area contributed by atoms with Gasteiger partial charge in [0, 0.05) is 17.2 Å². The van der Waals surface area contributed by atoms with Crippen LogP contribution in [-0.4, -0.2) is 11.5 Å². The molecule has 1 aromatic heterocycles. The summed E-state index contributed by atoms with van der Waals surface area (Å²) in [6.07, 6.45) is 2.34. The SMILES string of the molecule is Fc1ccccc1CCNc1ncc(Br)cc1Br. The molecule has 0 amide bonds. The highest BCUT2D eigenvalue weighted by Gasteiger charge is 2.03. The first-order valence-corrected chi connectivity index (χ1v) is 7.04. The molecule has 1 N–H and O–H groups in total. The van der Waals surface area contributed by atoms with Gasteiger partial charge in [0.25, 0.3) is 0 Å². The highest BCUT2D eigenvalue weighted by Crippen LogP contribution is 2.23. The second-order valence-electron chi connectivity index (χ2n) is 3.75. The predicted molar refractivity (Wildman–Crippen MR) is 78.2 cm³/mol. The fraction of sp³-hybridized carbons (Fsp3) is 0.154. The van der Waals surface area contributed by atoms with Gasteiger partial charge in [-0.3, -0.25) is 0 Å². The number of hydrogen-bond donors (Lipinski definition) is 1. The molecule has 0 radical (unpaired) electrons. The van der Waals surface area contributed by atoms with E-state index < -0.39 is 0 Å². The largest absolute Gasteiger partial charge is 0.369 e. The molecule has 0 saturated carbocycles. The van der Waals surface area contributed by atoms with E-state index in [1.54, 1.807) is 18.3 Å². The fourth-order valence-electron chi connectivity index (χ4n) is 1.56. The molecule has 2 rings (SSSR count). The van der Waals surface area contributed by atoms with Crippen LogP contribution in [0, 0.1) is 5.82 Å². The Labute approximate surface area is 122 Å². The molecule has 2 aromatic rings. The van der Waals surface area contributed by atoms with Crippen molar-refractivity contribution in [3.63, 3.8) is 0 Å². The lowest BCUT2D eigenvalue weighted by Gasteiger charge is -2.08. The lowest BCUT2D eigenvalue weighted by molar-refractivity contribution is 0.610. The van der Waals surface area contributed by atoms with E-state index in [-0.39, 0.29) is 5.82 Å². The summed E-state index contributed by atoms with van der Waals surface area (Å²) in [7, 11) is 0. The molecule has 0 aliphatic rings. The molecule has 0 atom stereocenters. The van der Waals surface area contributed by atoms with Crippen LogP contribution in [0.2, 0.25) is 0 Å². The molecule has 0 spiro atoms. The lowest BCUT2D eigenvalue weighted by atomic mass is 10.1. The molecule has 1 aromatic carbocycles. The van der Waals surface area contributed by atoms with E-state index in [1.807, 2.05) is 12.1 Å². The Kier molecular flexibility index (Phi) is 4.72. The summed E-state index contributed by atoms with van der Waals surface area (Å²) in [6, 6.07) is 8.72. The van der Waals surface area contributed by atoms with Gasteiger partial charge in [-0.25, -0.2) is 9.37 Å². The van der Waals surface area contributed by atoms with Crippen LogP contribution < -0.4 is 5.32 Å². The van der Waals surface area contributed by atoms with Gasteiger partial charge in [0.2, 0.25) is 0 Å². The number of aromatic nitrogens is 1. The number of benzene rings is 1. The summed E-state index contributed by atoms with van der Waals surface area (Å²) >= 11 is 6.76. The first-order valence-electron chi connectivity index (χ1n) is 5.45. The monoisotopic (exact) mass is 372 g/mol. The van der Waals surface area contributed by atoms with Crippen LogP contribution in [-0.2, 0) is 6.42 Å². The van der Waals surface area contributed by atoms with E-state index in [0.29, 0.717) is 18.5 Å². The normalized spacial score (nSPS) is 10.4. The van der Waals surface area contributed by atoms with Crippen molar-refractivity contribution in [1.29, 1.82) is 0 Å². The summed E-state index contributed by atoms with van der Waals surface area (Å²) in [4.78, 5) is 4.23. The van der Waals surface area contributed by atoms with Gasteiger partial charge in [0.05, 0.1) is 4.47 Å². The van der Waals surface area contributed by atoms with Gasteiger partial charge in [-0.1, -0.05) is 18.2 Å². The minimum atomic E-state index is -0.165. The predicted octanol–water partition coefficient (Wildman–Crippen LogP) is 4.40. The summed E-state index contributed by atoms with van der Waals surface area (Å²) in [6.45, 7) is 0.633. The van der Waals surface area contributed by atoms with E-state index in [2.05, 4.69) is 42.2 Å². The smallest absolute Gasteiger partial charge is 0.140 e. The van der Waals surface area contributed by atoms with Crippen LogP contribution in [0.25, 0.3) is 0 Å². The van der Waals surface area contributed by atoms with E-state index in [4.69, 9.17) is 0 Å². The van der Waals surface area contributed by atoms with Gasteiger partial charge in [-0.15, -0.1) is 0 Å². The molecule has 5 heteroatoms. The lowest BCUT2D eigenvalue weighted by Crippen LogP contribution is -2.07. The second kappa shape index (κ2) is 6.29. The highest BCUT2D eigenvalue weighted by molar-refractivity contribution is 9.11. The number of nitrogens with one attached hydrogen (secondary N) is 1. The van der Waals surface area contributed by atoms with Crippen LogP contribution in [0.1, 0.15) is 5.56 Å². The summed E-state index contributed by atoms with van der Waals surface area (Å²) in [5, 5.41) is 3.17. The van der Waals surface area contributed by atoms with Crippen LogP contribution in [0.4, 0.5) is 10.2 Å². The molecular weight excluding hydrogens is 363 g/mol. The molecule has 18 heavy (non-hydrogen) atoms. The second-order valence-corrected chi connectivity index (χ2v) is 5.52. The molecule has 0 aliphatic heterocycles. The molecule has 94 valence electrons. The Balaban J connectivity index is 1.95. The van der Waals surface area contributed by atoms with E-state index in [0.717, 1.165) is 14.8 Å². The van der Waals surface area contributed by atoms with Crippen molar-refractivity contribution in [1.82, 2.24) is 4.98 Å². The van der Waals surface area contributed by atoms with E-state index in [1.165, 1.54) is 6.07 Å². The molecule has 0 fully saturated rings. The van der Waals surface area contributed by atoms with Gasteiger partial charge < -0.3 is 5.32 Å². The van der Waals surface area contributed by atoms with Crippen LogP contribution in [0.5, 0.6) is 0 Å². The molecule has 0 unspecified atom stereocenters. The first kappa shape index (κ1) is 13.5. The molecule has 2 nitrogen and oxygen atoms in total. The number of nitrogens with zero attached hydrogens (tertiary/aromatic N) is 1. The average molecular weight is 374 g/mol. The third-order valence-electron chi connectivity index (χ3n) is 2.45. The van der Waals surface area contributed by atoms with Gasteiger partial charge in [0.15, 0.2) is 0 Å². The van der Waals surface area contributed by atoms with Crippen molar-refractivity contribution in [3.05, 3.63) is 56.9 Å². The maximum atomic E-state index is 13.4. The standard InChI is InChI=1S/C13H11Br2FN2/c14-10-7-11(15)13(18-8-10)17-6-5-9-3-1-2-4-12(9)16/h1-4,7-8H,5-6H2,(H,17,18). The highest BCUT2D eigenvalue weighted by atomic mass is 79.9. The van der Waals surface area contributed by atoms with Gasteiger partial charge >= 0.3 is 0 Å². The zero-order valence-electron chi connectivity index (χ0n) is 9.46. The Morgan fingerprint density at radius 3 is 2.72 bits per heavy atom. The number of anilines is 1. The van der Waals surface area contributed by atoms with Gasteiger partial charge in [-0.05, 0) is 56.0 Å². The third kappa shape index (κ3) is 3.53. The Bertz CT molecular complexity index is 546. The van der Waals surface area contributed by atoms with Crippen molar-refractivity contribution in [2.75, 3.05) is 11.9 Å². The minimum Gasteiger partial charge on any atom is -0.369 e. The Hall–Kier alpha value is -0.940. The third-order valence-corrected chi connectivity index (χ3v) is 3.49. The Morgan fingerprint density at radius 1 is 1.22 bits per heavy atom. The fourth-order valence-corrected chi connectivity index (χ4v) is 2.69. The molecule has 0 saturated heterocycles. The summed E-state index contributed by atoms with van der Waals surface area (Å²) < 4.78 is 15.2. The van der Waals surface area contributed by atoms with Crippen molar-refractivity contribution in [3.8, 4) is 0 Å². The van der Waals surface area contributed by atoms with E-state index in [9.17, 15) is 4.39 Å². The van der Waals surface area contributed by atoms with Gasteiger partial charge in [-0.2, -0.15) is 0 Å². The average Bonchev–Trinajstić information content (AvgIpc) is 2.34. The molecule has 0 aliphatic carbocycles. The number of rotatable bonds is 4. The Morgan fingerprint density at radius 2 is 2.00 bits per heavy atom. The van der Waals surface area contributed by atoms with Crippen LogP contribution >= 0.6 is 31.9 Å². The number of halogens is 3. The minimum absolute atomic E-state index is 0.165. The van der Waals surface area contributed by atoms with E-state index >= 15 is 0 Å². The van der Waals surface area contributed by atoms with Crippen LogP contribution in [0.15, 0.2) is 45.5 Å². The molecular formula is C13H11Br2FN2. The number of hydrogen-bond acceptors (Lipinski definition) is 2. The summed E-state index contributed by atoms with van der Waals surface area (Å²) in [5.41, 5.74) is 0.707. The number of pyridine rings is 1. The zero-order valence-corrected chi connectivity index (χ0v) is 12.6. The van der Waals surface area contributed by atoms with Crippen molar-refractivity contribution in [2.45, 2.75) is 6.42 Å². The maximum absolute atomic E-state index is 13.4. The molecule has 0 bridgehead atoms. The topological polar surface area (TPSA) is 24.9 Å². The quantitative estimate of drug-likeness (QED) is 0.859. The van der Waals surface area contributed by atoms with Crippen molar-refractivity contribution in [2.24, 2.45) is 0 Å². The maximum Gasteiger partial charge on any atom is 0.140 e. The van der Waals surface area contributed by atoms with Crippen LogP contribution in [0.3, 0.4) is 0 Å². The van der Waals surface area contributed by atoms with Crippen molar-refractivity contribution < 1.29 is 4.39 Å². The van der Waals surface area contributed by atoms with Crippen molar-refractivity contribution >= 4 is 37.7 Å².